The van der Waals surface area contributed by atoms with Gasteiger partial charge in [-0.2, -0.15) is 10.2 Å². The zero-order valence-electron chi connectivity index (χ0n) is 32.3. The van der Waals surface area contributed by atoms with E-state index in [-0.39, 0.29) is 35.9 Å². The van der Waals surface area contributed by atoms with E-state index >= 15 is 0 Å². The second-order valence-electron chi connectivity index (χ2n) is 13.4. The van der Waals surface area contributed by atoms with Gasteiger partial charge in [-0.15, -0.1) is 0 Å². The van der Waals surface area contributed by atoms with Crippen molar-refractivity contribution in [3.8, 4) is 22.3 Å². The van der Waals surface area contributed by atoms with Crippen LogP contribution in [0.3, 0.4) is 0 Å². The average Bonchev–Trinajstić information content (AvgIpc) is 3.95. The maximum Gasteiger partial charge on any atom is 0.300 e. The number of H-pyrrole nitrogens is 2. The minimum absolute atomic E-state index is 0.0360. The zero-order valence-corrected chi connectivity index (χ0v) is 32.3. The van der Waals surface area contributed by atoms with E-state index in [9.17, 15) is 14.4 Å². The Morgan fingerprint density at radius 1 is 0.719 bits per heavy atom. The summed E-state index contributed by atoms with van der Waals surface area (Å²) >= 11 is 0. The molecule has 0 aliphatic carbocycles. The van der Waals surface area contributed by atoms with Crippen LogP contribution in [0.5, 0.6) is 0 Å². The fourth-order valence-corrected chi connectivity index (χ4v) is 6.25. The summed E-state index contributed by atoms with van der Waals surface area (Å²) in [6.45, 7) is 7.25. The smallest absolute Gasteiger partial charge is 0.300 e. The second kappa shape index (κ2) is 21.7. The Morgan fingerprint density at radius 2 is 1.16 bits per heavy atom. The van der Waals surface area contributed by atoms with Crippen molar-refractivity contribution in [2.75, 3.05) is 13.1 Å². The largest absolute Gasteiger partial charge is 0.481 e. The number of aromatic amines is 2. The first kappa shape index (κ1) is 42.6. The van der Waals surface area contributed by atoms with Crippen LogP contribution in [-0.4, -0.2) is 62.0 Å². The molecule has 0 saturated carbocycles. The van der Waals surface area contributed by atoms with Crippen LogP contribution in [0.25, 0.3) is 32.7 Å². The van der Waals surface area contributed by atoms with Crippen molar-refractivity contribution in [1.82, 2.24) is 25.7 Å². The number of nitrogens with one attached hydrogen (secondary N) is 3. The Labute approximate surface area is 331 Å². The molecule has 13 heteroatoms. The lowest BCUT2D eigenvalue weighted by Crippen LogP contribution is -2.27. The number of nitrogens with zero attached hydrogens (tertiary/aromatic N) is 5. The molecule has 0 aliphatic rings. The van der Waals surface area contributed by atoms with Gasteiger partial charge in [-0.05, 0) is 70.8 Å². The molecule has 2 aromatic heterocycles. The number of amides is 1. The molecule has 6 aromatic rings. The van der Waals surface area contributed by atoms with Crippen molar-refractivity contribution < 1.29 is 24.3 Å². The highest BCUT2D eigenvalue weighted by molar-refractivity contribution is 5.98. The highest BCUT2D eigenvalue weighted by Crippen LogP contribution is 2.28. The number of carbonyl (C=O) groups is 4. The van der Waals surface area contributed by atoms with E-state index < -0.39 is 5.97 Å². The van der Waals surface area contributed by atoms with E-state index in [1.54, 1.807) is 12.4 Å². The first-order valence-electron chi connectivity index (χ1n) is 18.3. The molecule has 0 unspecified atom stereocenters. The summed E-state index contributed by atoms with van der Waals surface area (Å²) in [6, 6.07) is 30.9. The summed E-state index contributed by atoms with van der Waals surface area (Å²) in [7, 11) is 0. The first-order chi connectivity index (χ1) is 27.5. The number of aryl methyl sites for hydroxylation is 2. The van der Waals surface area contributed by atoms with Gasteiger partial charge >= 0.3 is 0 Å². The molecule has 0 spiro atoms. The van der Waals surface area contributed by atoms with Gasteiger partial charge in [0.25, 0.3) is 5.97 Å². The van der Waals surface area contributed by atoms with Gasteiger partial charge in [-0.3, -0.25) is 29.4 Å². The number of carbonyl (C=O) groups excluding carboxylic acids is 3. The number of aromatic nitrogens is 4. The lowest BCUT2D eigenvalue weighted by Gasteiger charge is -2.17. The Hall–Kier alpha value is -7.11. The second-order valence-corrected chi connectivity index (χ2v) is 13.4. The van der Waals surface area contributed by atoms with Crippen molar-refractivity contribution in [1.29, 1.82) is 0 Å². The van der Waals surface area contributed by atoms with Crippen LogP contribution in [0.1, 0.15) is 81.5 Å². The summed E-state index contributed by atoms with van der Waals surface area (Å²) in [6.07, 6.45) is 7.83. The van der Waals surface area contributed by atoms with Gasteiger partial charge in [0, 0.05) is 85.3 Å². The van der Waals surface area contributed by atoms with Gasteiger partial charge in [-0.25, -0.2) is 0 Å². The number of benzene rings is 4. The molecular formula is C44H46N8O5. The maximum absolute atomic E-state index is 12.9. The highest BCUT2D eigenvalue weighted by atomic mass is 16.4. The van der Waals surface area contributed by atoms with E-state index in [2.05, 4.69) is 35.7 Å². The van der Waals surface area contributed by atoms with Gasteiger partial charge in [0.05, 0.1) is 12.4 Å². The fraction of sp³-hybridized carbons (Fsp3) is 0.227. The predicted octanol–water partition coefficient (Wildman–Crippen LogP) is 9.02. The molecule has 2 heterocycles. The molecule has 1 amide bonds. The predicted molar refractivity (Wildman–Crippen MR) is 220 cm³/mol. The molecule has 6 rings (SSSR count). The molecule has 0 aliphatic heterocycles. The van der Waals surface area contributed by atoms with E-state index in [4.69, 9.17) is 15.4 Å². The number of carboxylic acids is 1. The lowest BCUT2D eigenvalue weighted by molar-refractivity contribution is -0.134. The molecule has 4 aromatic carbocycles. The van der Waals surface area contributed by atoms with E-state index in [0.717, 1.165) is 51.4 Å². The molecule has 0 bridgehead atoms. The van der Waals surface area contributed by atoms with Crippen LogP contribution >= 0.6 is 0 Å². The third-order valence-electron chi connectivity index (χ3n) is 9.08. The Kier molecular flexibility index (Phi) is 16.2. The van der Waals surface area contributed by atoms with Gasteiger partial charge in [0.1, 0.15) is 0 Å². The minimum Gasteiger partial charge on any atom is -0.481 e. The minimum atomic E-state index is -0.833. The third kappa shape index (κ3) is 13.3. The molecule has 292 valence electrons. The Balaban J connectivity index is 0.000000231. The van der Waals surface area contributed by atoms with Crippen LogP contribution in [0.15, 0.2) is 127 Å². The van der Waals surface area contributed by atoms with E-state index in [1.165, 1.54) is 6.92 Å². The van der Waals surface area contributed by atoms with Crippen LogP contribution in [0.2, 0.25) is 0 Å². The monoisotopic (exact) mass is 766 g/mol. The maximum atomic E-state index is 12.9. The van der Waals surface area contributed by atoms with Crippen LogP contribution in [0, 0.1) is 13.8 Å². The summed E-state index contributed by atoms with van der Waals surface area (Å²) in [5, 5.41) is 27.5. The summed E-state index contributed by atoms with van der Waals surface area (Å²) < 4.78 is 0. The number of rotatable bonds is 14. The number of azide groups is 1. The number of hydrogen-bond donors (Lipinski definition) is 4. The molecule has 0 saturated heterocycles. The van der Waals surface area contributed by atoms with Gasteiger partial charge in [0.2, 0.25) is 5.91 Å². The van der Waals surface area contributed by atoms with Gasteiger partial charge < -0.3 is 10.4 Å². The first-order valence-corrected chi connectivity index (χ1v) is 18.3. The molecule has 4 N–H and O–H groups in total. The van der Waals surface area contributed by atoms with E-state index in [1.807, 2.05) is 123 Å². The van der Waals surface area contributed by atoms with Crippen LogP contribution < -0.4 is 5.32 Å². The fourth-order valence-electron chi connectivity index (χ4n) is 6.25. The van der Waals surface area contributed by atoms with Crippen LogP contribution in [0.4, 0.5) is 0 Å². The number of carboxylic acid groups (broad SMARTS) is 1. The van der Waals surface area contributed by atoms with Crippen molar-refractivity contribution in [2.45, 2.75) is 52.4 Å². The lowest BCUT2D eigenvalue weighted by atomic mass is 9.90. The van der Waals surface area contributed by atoms with Crippen molar-refractivity contribution >= 4 is 23.4 Å². The number of hydrogen-bond acceptors (Lipinski definition) is 7. The number of ketones is 2. The van der Waals surface area contributed by atoms with E-state index in [0.29, 0.717) is 30.5 Å². The summed E-state index contributed by atoms with van der Waals surface area (Å²) in [5.74, 6) is -1.02. The molecule has 2 atom stereocenters. The standard InChI is InChI=1S/C22H23N3O2.C20H19N5O.C2H4O2/c1-15-10-18(8-9-21(15)20-13-24-25-14-20)22(27)11-19(12-23-16(2)26)17-6-4-3-5-7-17;1-14-9-16(7-8-19(14)18-12-22-23-13-18)20(26)10-17(11-24-25-21)15-5-3-2-4-6-15;1-2(3)4/h3-10,13-14,19H,11-12H2,1-2H3,(H,23,26)(H,24,25);2-9,12-13,17H,10-11H2,1H3,(H,22,23);1H3,(H,3,4)/t19-;17-;/m11./s1. The van der Waals surface area contributed by atoms with Crippen molar-refractivity contribution in [3.63, 3.8) is 0 Å². The molecule has 0 radical (unpaired) electrons. The SMILES string of the molecule is CC(=O)NC[C@@H](CC(=O)c1ccc(-c2cn[nH]c2)c(C)c1)c1ccccc1.CC(=O)O.Cc1cc(C(=O)C[C@H](CN=[N+]=[N-])c2ccccc2)ccc1-c1cn[nH]c1. The summed E-state index contributed by atoms with van der Waals surface area (Å²) in [4.78, 5) is 48.8. The van der Waals surface area contributed by atoms with Crippen molar-refractivity contribution in [2.24, 2.45) is 5.11 Å². The number of Topliss-reactive ketones (excluding diaryl/α,β-unsaturated/α-hetero) is 2. The topological polar surface area (TPSA) is 207 Å². The molecule has 13 nitrogen and oxygen atoms in total. The van der Waals surface area contributed by atoms with Crippen LogP contribution in [-0.2, 0) is 9.59 Å². The van der Waals surface area contributed by atoms with Gasteiger partial charge in [-0.1, -0.05) is 90.0 Å². The normalized spacial score (nSPS) is 11.3. The Bertz CT molecular complexity index is 2260. The Morgan fingerprint density at radius 3 is 1.54 bits per heavy atom. The quantitative estimate of drug-likeness (QED) is 0.0366. The zero-order chi connectivity index (χ0) is 41.2. The molecule has 0 fully saturated rings. The average molecular weight is 767 g/mol. The highest BCUT2D eigenvalue weighted by Gasteiger charge is 2.20. The molecular weight excluding hydrogens is 721 g/mol. The van der Waals surface area contributed by atoms with Crippen molar-refractivity contribution in [3.05, 3.63) is 166 Å². The summed E-state index contributed by atoms with van der Waals surface area (Å²) in [5.41, 5.74) is 18.2. The number of aliphatic carboxylic acids is 1. The van der Waals surface area contributed by atoms with Gasteiger partial charge in [0.15, 0.2) is 11.6 Å². The third-order valence-corrected chi connectivity index (χ3v) is 9.08. The molecule has 57 heavy (non-hydrogen) atoms.